The first-order chi connectivity index (χ1) is 11.9. The maximum atomic E-state index is 12.0. The van der Waals surface area contributed by atoms with E-state index in [0.29, 0.717) is 12.0 Å². The number of ether oxygens (including phenoxy) is 2. The Morgan fingerprint density at radius 2 is 1.58 bits per heavy atom. The van der Waals surface area contributed by atoms with Crippen LogP contribution in [0.5, 0.6) is 5.75 Å². The Morgan fingerprint density at radius 1 is 1.08 bits per heavy atom. The molecule has 0 aliphatic heterocycles. The Bertz CT molecular complexity index is 730. The van der Waals surface area contributed by atoms with Gasteiger partial charge in [0.2, 0.25) is 0 Å². The van der Waals surface area contributed by atoms with Crippen molar-refractivity contribution in [2.75, 3.05) is 12.9 Å². The number of nitrogens with two attached hydrogens (primary N) is 1. The van der Waals surface area contributed by atoms with E-state index < -0.39 is 34.9 Å². The van der Waals surface area contributed by atoms with E-state index in [4.69, 9.17) is 15.2 Å². The summed E-state index contributed by atoms with van der Waals surface area (Å²) in [6.07, 6.45) is -0.328. The fraction of sp³-hybridized carbons (Fsp3) is 0.529. The van der Waals surface area contributed by atoms with Crippen molar-refractivity contribution in [2.24, 2.45) is 5.73 Å². The molecule has 0 saturated heterocycles. The van der Waals surface area contributed by atoms with Crippen molar-refractivity contribution in [2.45, 2.75) is 45.6 Å². The van der Waals surface area contributed by atoms with Gasteiger partial charge in [-0.3, -0.25) is 0 Å². The fourth-order valence-corrected chi connectivity index (χ4v) is 2.57. The molecule has 1 rings (SSSR count). The molecular formula is C17H25NO7S. The largest absolute Gasteiger partial charge is 0.513 e. The van der Waals surface area contributed by atoms with Crippen molar-refractivity contribution in [1.82, 2.24) is 0 Å². The predicted octanol–water partition coefficient (Wildman–Crippen LogP) is 2.28. The molecule has 0 heterocycles. The van der Waals surface area contributed by atoms with Gasteiger partial charge in [0, 0.05) is 0 Å². The molecule has 0 bridgehead atoms. The zero-order valence-electron chi connectivity index (χ0n) is 15.5. The second-order valence-electron chi connectivity index (χ2n) is 6.45. The SMILES string of the molecule is CC(C)c1cccc(C(C)C)c1OC(=O)OCC(N)C(=O)OS(C)(=O)=O. The third-order valence-electron chi connectivity index (χ3n) is 3.42. The predicted molar refractivity (Wildman–Crippen MR) is 95.5 cm³/mol. The Labute approximate surface area is 153 Å². The Morgan fingerprint density at radius 3 is 2.00 bits per heavy atom. The molecule has 26 heavy (non-hydrogen) atoms. The third-order valence-corrected chi connectivity index (χ3v) is 3.89. The van der Waals surface area contributed by atoms with Crippen molar-refractivity contribution in [1.29, 1.82) is 0 Å². The van der Waals surface area contributed by atoms with Gasteiger partial charge in [-0.1, -0.05) is 45.9 Å². The monoisotopic (exact) mass is 387 g/mol. The highest BCUT2D eigenvalue weighted by Crippen LogP contribution is 2.34. The lowest BCUT2D eigenvalue weighted by Gasteiger charge is -2.19. The molecule has 146 valence electrons. The molecular weight excluding hydrogens is 362 g/mol. The van der Waals surface area contributed by atoms with Crippen LogP contribution in [0.15, 0.2) is 18.2 Å². The van der Waals surface area contributed by atoms with Crippen molar-refractivity contribution in [3.63, 3.8) is 0 Å². The van der Waals surface area contributed by atoms with Gasteiger partial charge >= 0.3 is 22.2 Å². The highest BCUT2D eigenvalue weighted by Gasteiger charge is 2.23. The van der Waals surface area contributed by atoms with E-state index in [2.05, 4.69) is 4.18 Å². The lowest BCUT2D eigenvalue weighted by molar-refractivity contribution is -0.136. The zero-order valence-corrected chi connectivity index (χ0v) is 16.3. The first kappa shape index (κ1) is 21.9. The molecule has 1 unspecified atom stereocenters. The molecule has 0 spiro atoms. The first-order valence-electron chi connectivity index (χ1n) is 8.08. The highest BCUT2D eigenvalue weighted by molar-refractivity contribution is 7.86. The summed E-state index contributed by atoms with van der Waals surface area (Å²) in [6, 6.07) is 4.16. The average molecular weight is 387 g/mol. The number of carbonyl (C=O) groups excluding carboxylic acids is 2. The molecule has 1 aromatic rings. The molecule has 2 N–H and O–H groups in total. The summed E-state index contributed by atoms with van der Waals surface area (Å²) in [5.41, 5.74) is 7.13. The van der Waals surface area contributed by atoms with Crippen LogP contribution in [0.1, 0.15) is 50.7 Å². The van der Waals surface area contributed by atoms with Crippen LogP contribution in [0.25, 0.3) is 0 Å². The summed E-state index contributed by atoms with van der Waals surface area (Å²) in [5, 5.41) is 0. The van der Waals surface area contributed by atoms with E-state index in [-0.39, 0.29) is 11.8 Å². The number of rotatable bonds is 7. The summed E-state index contributed by atoms with van der Waals surface area (Å²) < 4.78 is 36.1. The molecule has 0 saturated carbocycles. The maximum absolute atomic E-state index is 12.0. The molecule has 9 heteroatoms. The van der Waals surface area contributed by atoms with Crippen molar-refractivity contribution < 1.29 is 31.7 Å². The van der Waals surface area contributed by atoms with E-state index in [1.807, 2.05) is 45.9 Å². The minimum absolute atomic E-state index is 0.114. The Kier molecular flexibility index (Phi) is 7.58. The van der Waals surface area contributed by atoms with Gasteiger partial charge in [-0.25, -0.2) is 9.59 Å². The molecule has 0 fully saturated rings. The molecule has 0 aliphatic carbocycles. The van der Waals surface area contributed by atoms with Gasteiger partial charge in [0.1, 0.15) is 18.4 Å². The average Bonchev–Trinajstić information content (AvgIpc) is 2.50. The molecule has 1 atom stereocenters. The Balaban J connectivity index is 2.81. The number of hydrogen-bond donors (Lipinski definition) is 1. The van der Waals surface area contributed by atoms with Crippen LogP contribution < -0.4 is 10.5 Å². The molecule has 1 aromatic carbocycles. The van der Waals surface area contributed by atoms with Crippen molar-refractivity contribution >= 4 is 22.2 Å². The number of para-hydroxylation sites is 1. The van der Waals surface area contributed by atoms with Crippen molar-refractivity contribution in [3.8, 4) is 5.75 Å². The second-order valence-corrected chi connectivity index (χ2v) is 8.03. The summed E-state index contributed by atoms with van der Waals surface area (Å²) in [6.45, 7) is 7.29. The van der Waals surface area contributed by atoms with Gasteiger partial charge < -0.3 is 19.4 Å². The van der Waals surface area contributed by atoms with Gasteiger partial charge in [0.15, 0.2) is 0 Å². The van der Waals surface area contributed by atoms with Crippen LogP contribution in [0.4, 0.5) is 4.79 Å². The smallest absolute Gasteiger partial charge is 0.432 e. The molecule has 0 aliphatic rings. The number of benzene rings is 1. The van der Waals surface area contributed by atoms with Crippen molar-refractivity contribution in [3.05, 3.63) is 29.3 Å². The van der Waals surface area contributed by atoms with Gasteiger partial charge in [-0.2, -0.15) is 8.42 Å². The first-order valence-corrected chi connectivity index (χ1v) is 9.90. The Hall–Kier alpha value is -2.13. The zero-order chi connectivity index (χ0) is 20.1. The van der Waals surface area contributed by atoms with Crippen LogP contribution in [0.2, 0.25) is 0 Å². The van der Waals surface area contributed by atoms with Crippen LogP contribution in [0, 0.1) is 0 Å². The van der Waals surface area contributed by atoms with E-state index >= 15 is 0 Å². The second kappa shape index (κ2) is 9.00. The third kappa shape index (κ3) is 6.64. The molecule has 8 nitrogen and oxygen atoms in total. The minimum Gasteiger partial charge on any atom is -0.432 e. The molecule has 0 amide bonds. The van der Waals surface area contributed by atoms with Gasteiger partial charge in [-0.05, 0) is 23.0 Å². The lowest BCUT2D eigenvalue weighted by atomic mass is 9.94. The van der Waals surface area contributed by atoms with E-state index in [9.17, 15) is 18.0 Å². The quantitative estimate of drug-likeness (QED) is 0.429. The van der Waals surface area contributed by atoms with E-state index in [1.165, 1.54) is 0 Å². The number of carbonyl (C=O) groups is 2. The van der Waals surface area contributed by atoms with Gasteiger partial charge in [-0.15, -0.1) is 0 Å². The lowest BCUT2D eigenvalue weighted by Crippen LogP contribution is -2.38. The highest BCUT2D eigenvalue weighted by atomic mass is 32.2. The fourth-order valence-electron chi connectivity index (χ4n) is 2.15. The maximum Gasteiger partial charge on any atom is 0.513 e. The van der Waals surface area contributed by atoms with Gasteiger partial charge in [0.25, 0.3) is 0 Å². The normalized spacial score (nSPS) is 12.8. The van der Waals surface area contributed by atoms with Crippen LogP contribution >= 0.6 is 0 Å². The summed E-state index contributed by atoms with van der Waals surface area (Å²) in [4.78, 5) is 23.5. The number of hydrogen-bond acceptors (Lipinski definition) is 8. The summed E-state index contributed by atoms with van der Waals surface area (Å²) in [5.74, 6) is -0.576. The van der Waals surface area contributed by atoms with Crippen LogP contribution in [0.3, 0.4) is 0 Å². The topological polar surface area (TPSA) is 122 Å². The summed E-state index contributed by atoms with van der Waals surface area (Å²) >= 11 is 0. The van der Waals surface area contributed by atoms with Crippen LogP contribution in [-0.4, -0.2) is 39.4 Å². The van der Waals surface area contributed by atoms with Crippen LogP contribution in [-0.2, 0) is 23.8 Å². The van der Waals surface area contributed by atoms with E-state index in [0.717, 1.165) is 11.1 Å². The van der Waals surface area contributed by atoms with E-state index in [1.54, 1.807) is 0 Å². The van der Waals surface area contributed by atoms with Gasteiger partial charge in [0.05, 0.1) is 6.26 Å². The standard InChI is InChI=1S/C17H25NO7S/c1-10(2)12-7-6-8-13(11(3)4)15(12)24-17(20)23-9-14(18)16(19)25-26(5,21)22/h6-8,10-11,14H,9,18H2,1-5H3. The molecule has 0 aromatic heterocycles. The summed E-state index contributed by atoms with van der Waals surface area (Å²) in [7, 11) is -3.99. The molecule has 0 radical (unpaired) electrons. The minimum atomic E-state index is -3.99.